The maximum atomic E-state index is 12.2. The van der Waals surface area contributed by atoms with Gasteiger partial charge in [0.15, 0.2) is 0 Å². The summed E-state index contributed by atoms with van der Waals surface area (Å²) in [6.07, 6.45) is 4.97. The number of ether oxygens (including phenoxy) is 2. The van der Waals surface area contributed by atoms with E-state index in [0.29, 0.717) is 5.56 Å². The van der Waals surface area contributed by atoms with E-state index < -0.39 is 17.7 Å². The molecule has 0 unspecified atom stereocenters. The summed E-state index contributed by atoms with van der Waals surface area (Å²) in [5, 5.41) is 4.25. The number of hydrogen-bond donors (Lipinski definition) is 0. The lowest BCUT2D eigenvalue weighted by Gasteiger charge is -2.29. The van der Waals surface area contributed by atoms with E-state index in [1.807, 2.05) is 32.0 Å². The number of benzene rings is 1. The summed E-state index contributed by atoms with van der Waals surface area (Å²) in [6.45, 7) is 6.94. The summed E-state index contributed by atoms with van der Waals surface area (Å²) in [5.41, 5.74) is 3.34. The molecular weight excluding hydrogens is 308 g/mol. The molecule has 24 heavy (non-hydrogen) atoms. The van der Waals surface area contributed by atoms with Crippen molar-refractivity contribution in [1.82, 2.24) is 9.78 Å². The second kappa shape index (κ2) is 5.63. The Bertz CT molecular complexity index is 826. The number of carbonyl (C=O) groups is 2. The van der Waals surface area contributed by atoms with Gasteiger partial charge >= 0.3 is 11.9 Å². The number of cyclic esters (lactones) is 2. The van der Waals surface area contributed by atoms with Gasteiger partial charge in [0, 0.05) is 31.8 Å². The fraction of sp³-hybridized carbons (Fsp3) is 0.278. The highest BCUT2D eigenvalue weighted by Gasteiger charge is 2.39. The van der Waals surface area contributed by atoms with E-state index >= 15 is 0 Å². The highest BCUT2D eigenvalue weighted by atomic mass is 16.7. The summed E-state index contributed by atoms with van der Waals surface area (Å²) in [7, 11) is 0. The molecule has 1 aromatic heterocycles. The van der Waals surface area contributed by atoms with Crippen molar-refractivity contribution in [1.29, 1.82) is 0 Å². The van der Waals surface area contributed by atoms with Gasteiger partial charge < -0.3 is 9.47 Å². The van der Waals surface area contributed by atoms with E-state index in [0.717, 1.165) is 16.8 Å². The first kappa shape index (κ1) is 16.0. The topological polar surface area (TPSA) is 70.4 Å². The molecule has 1 fully saturated rings. The molecule has 6 heteroatoms. The highest BCUT2D eigenvalue weighted by molar-refractivity contribution is 6.19. The van der Waals surface area contributed by atoms with Gasteiger partial charge in [-0.1, -0.05) is 11.6 Å². The van der Waals surface area contributed by atoms with Crippen LogP contribution in [0.25, 0.3) is 11.8 Å². The number of hydrogen-bond acceptors (Lipinski definition) is 5. The number of aromatic nitrogens is 2. The average molecular weight is 326 g/mol. The van der Waals surface area contributed by atoms with Crippen molar-refractivity contribution in [3.8, 4) is 5.69 Å². The number of aryl methyl sites for hydroxylation is 2. The van der Waals surface area contributed by atoms with Crippen LogP contribution in [-0.4, -0.2) is 27.5 Å². The molecule has 1 aliphatic rings. The molecular formula is C18H18N2O4. The van der Waals surface area contributed by atoms with Gasteiger partial charge in [0.2, 0.25) is 0 Å². The molecule has 2 aromatic rings. The quantitative estimate of drug-likeness (QED) is 0.482. The molecule has 3 rings (SSSR count). The van der Waals surface area contributed by atoms with Crippen LogP contribution in [0.15, 0.2) is 36.2 Å². The van der Waals surface area contributed by atoms with Gasteiger partial charge in [-0.25, -0.2) is 14.3 Å². The summed E-state index contributed by atoms with van der Waals surface area (Å²) in [6, 6.07) is 5.71. The zero-order valence-electron chi connectivity index (χ0n) is 14.0. The molecule has 1 aliphatic heterocycles. The molecule has 0 aliphatic carbocycles. The molecule has 0 N–H and O–H groups in total. The fourth-order valence-electron chi connectivity index (χ4n) is 2.75. The smallest absolute Gasteiger partial charge is 0.348 e. The van der Waals surface area contributed by atoms with Gasteiger partial charge in [-0.2, -0.15) is 5.10 Å². The Labute approximate surface area is 139 Å². The predicted octanol–water partition coefficient (Wildman–Crippen LogP) is 2.71. The number of rotatable bonds is 2. The van der Waals surface area contributed by atoms with Crippen molar-refractivity contribution < 1.29 is 19.1 Å². The Hall–Kier alpha value is -2.89. The zero-order valence-corrected chi connectivity index (χ0v) is 14.0. The van der Waals surface area contributed by atoms with Gasteiger partial charge in [0.05, 0.1) is 5.69 Å². The molecule has 0 bridgehead atoms. The van der Waals surface area contributed by atoms with Crippen molar-refractivity contribution in [3.63, 3.8) is 0 Å². The Morgan fingerprint density at radius 2 is 1.79 bits per heavy atom. The highest BCUT2D eigenvalue weighted by Crippen LogP contribution is 2.27. The number of nitrogens with zero attached hydrogens (tertiary/aromatic N) is 2. The molecule has 6 nitrogen and oxygen atoms in total. The van der Waals surface area contributed by atoms with E-state index in [2.05, 4.69) is 5.10 Å². The molecule has 0 spiro atoms. The SMILES string of the molecule is Cc1cc(C)c(-n2cccn2)c(C=C2C(=O)OC(C)(C)OC2=O)c1. The van der Waals surface area contributed by atoms with Gasteiger partial charge in [0.1, 0.15) is 5.57 Å². The van der Waals surface area contributed by atoms with Crippen LogP contribution >= 0.6 is 0 Å². The minimum absolute atomic E-state index is 0.132. The zero-order chi connectivity index (χ0) is 17.5. The summed E-state index contributed by atoms with van der Waals surface area (Å²) in [4.78, 5) is 24.4. The minimum Gasteiger partial charge on any atom is -0.419 e. The van der Waals surface area contributed by atoms with E-state index in [4.69, 9.17) is 9.47 Å². The van der Waals surface area contributed by atoms with E-state index in [-0.39, 0.29) is 5.57 Å². The largest absolute Gasteiger partial charge is 0.419 e. The molecule has 0 atom stereocenters. The lowest BCUT2D eigenvalue weighted by Crippen LogP contribution is -2.41. The number of carbonyl (C=O) groups excluding carboxylic acids is 2. The number of esters is 2. The van der Waals surface area contributed by atoms with Crippen LogP contribution < -0.4 is 0 Å². The standard InChI is InChI=1S/C18H18N2O4/c1-11-8-12(2)15(20-7-5-6-19-20)13(9-11)10-14-16(21)23-18(3,4)24-17(14)22/h5-10H,1-4H3. The van der Waals surface area contributed by atoms with E-state index in [9.17, 15) is 9.59 Å². The van der Waals surface area contributed by atoms with Crippen LogP contribution in [0.1, 0.15) is 30.5 Å². The second-order valence-corrected chi connectivity index (χ2v) is 6.21. The van der Waals surface area contributed by atoms with E-state index in [1.54, 1.807) is 17.1 Å². The van der Waals surface area contributed by atoms with Crippen molar-refractivity contribution in [2.24, 2.45) is 0 Å². The van der Waals surface area contributed by atoms with Crippen LogP contribution in [0.5, 0.6) is 0 Å². The van der Waals surface area contributed by atoms with Crippen LogP contribution in [0, 0.1) is 13.8 Å². The molecule has 0 radical (unpaired) electrons. The summed E-state index contributed by atoms with van der Waals surface area (Å²) >= 11 is 0. The maximum absolute atomic E-state index is 12.2. The Morgan fingerprint density at radius 3 is 2.38 bits per heavy atom. The fourth-order valence-corrected chi connectivity index (χ4v) is 2.75. The maximum Gasteiger partial charge on any atom is 0.348 e. The third-order valence-electron chi connectivity index (χ3n) is 3.62. The van der Waals surface area contributed by atoms with Crippen LogP contribution in [0.3, 0.4) is 0 Å². The lowest BCUT2D eigenvalue weighted by atomic mass is 10.0. The first-order chi connectivity index (χ1) is 11.3. The lowest BCUT2D eigenvalue weighted by molar-refractivity contribution is -0.222. The van der Waals surface area contributed by atoms with Crippen molar-refractivity contribution in [2.45, 2.75) is 33.5 Å². The third kappa shape index (κ3) is 2.95. The third-order valence-corrected chi connectivity index (χ3v) is 3.62. The van der Waals surface area contributed by atoms with Crippen LogP contribution in [0.2, 0.25) is 0 Å². The normalized spacial score (nSPS) is 16.6. The Morgan fingerprint density at radius 1 is 1.12 bits per heavy atom. The first-order valence-electron chi connectivity index (χ1n) is 7.56. The Kier molecular flexibility index (Phi) is 3.75. The van der Waals surface area contributed by atoms with Crippen molar-refractivity contribution in [2.75, 3.05) is 0 Å². The molecule has 1 saturated heterocycles. The second-order valence-electron chi connectivity index (χ2n) is 6.21. The predicted molar refractivity (Wildman–Crippen MR) is 87.3 cm³/mol. The average Bonchev–Trinajstić information content (AvgIpc) is 2.94. The van der Waals surface area contributed by atoms with Crippen LogP contribution in [-0.2, 0) is 19.1 Å². The Balaban J connectivity index is 2.13. The van der Waals surface area contributed by atoms with Gasteiger partial charge in [-0.15, -0.1) is 0 Å². The molecule has 124 valence electrons. The molecule has 1 aromatic carbocycles. The van der Waals surface area contributed by atoms with Gasteiger partial charge in [-0.3, -0.25) is 0 Å². The monoisotopic (exact) mass is 326 g/mol. The van der Waals surface area contributed by atoms with Crippen molar-refractivity contribution >= 4 is 18.0 Å². The molecule has 0 saturated carbocycles. The van der Waals surface area contributed by atoms with Gasteiger partial charge in [-0.05, 0) is 37.6 Å². The summed E-state index contributed by atoms with van der Waals surface area (Å²) < 4.78 is 12.0. The van der Waals surface area contributed by atoms with Crippen molar-refractivity contribution in [3.05, 3.63) is 52.9 Å². The molecule has 2 heterocycles. The van der Waals surface area contributed by atoms with E-state index in [1.165, 1.54) is 19.9 Å². The summed E-state index contributed by atoms with van der Waals surface area (Å²) in [5.74, 6) is -2.64. The molecule has 0 amide bonds. The first-order valence-corrected chi connectivity index (χ1v) is 7.56. The van der Waals surface area contributed by atoms with Gasteiger partial charge in [0.25, 0.3) is 5.79 Å². The van der Waals surface area contributed by atoms with Crippen LogP contribution in [0.4, 0.5) is 0 Å². The minimum atomic E-state index is -1.25.